The van der Waals surface area contributed by atoms with Crippen LogP contribution in [0.1, 0.15) is 12.5 Å². The quantitative estimate of drug-likeness (QED) is 0.550. The predicted octanol–water partition coefficient (Wildman–Crippen LogP) is 1.86. The van der Waals surface area contributed by atoms with Crippen molar-refractivity contribution in [3.05, 3.63) is 29.8 Å². The molecule has 0 bridgehead atoms. The van der Waals surface area contributed by atoms with Gasteiger partial charge in [0, 0.05) is 12.3 Å². The van der Waals surface area contributed by atoms with E-state index >= 15 is 0 Å². The summed E-state index contributed by atoms with van der Waals surface area (Å²) in [6, 6.07) is 7.87. The van der Waals surface area contributed by atoms with Crippen molar-refractivity contribution >= 4 is 5.69 Å². The van der Waals surface area contributed by atoms with Crippen LogP contribution in [0.3, 0.4) is 0 Å². The molecule has 2 N–H and O–H groups in total. The summed E-state index contributed by atoms with van der Waals surface area (Å²) in [5, 5.41) is 0. The van der Waals surface area contributed by atoms with E-state index in [0.29, 0.717) is 19.8 Å². The van der Waals surface area contributed by atoms with E-state index in [1.807, 2.05) is 31.2 Å². The van der Waals surface area contributed by atoms with Crippen LogP contribution in [0.2, 0.25) is 0 Å². The molecule has 3 nitrogen and oxygen atoms in total. The standard InChI is InChI=1S/C12H19NO2/c1-2-14-9-10-15-8-7-11-5-3-4-6-12(11)13/h3-6H,2,7-10,13H2,1H3. The average Bonchev–Trinajstić information content (AvgIpc) is 2.25. The van der Waals surface area contributed by atoms with Crippen molar-refractivity contribution in [2.24, 2.45) is 0 Å². The van der Waals surface area contributed by atoms with Crippen molar-refractivity contribution in [1.29, 1.82) is 0 Å². The molecule has 0 saturated carbocycles. The Morgan fingerprint density at radius 2 is 1.80 bits per heavy atom. The normalized spacial score (nSPS) is 10.5. The van der Waals surface area contributed by atoms with Crippen LogP contribution in [0.5, 0.6) is 0 Å². The summed E-state index contributed by atoms with van der Waals surface area (Å²) in [6.45, 7) is 4.74. The zero-order valence-corrected chi connectivity index (χ0v) is 9.24. The lowest BCUT2D eigenvalue weighted by molar-refractivity contribution is 0.0541. The number of rotatable bonds is 7. The minimum Gasteiger partial charge on any atom is -0.399 e. The van der Waals surface area contributed by atoms with E-state index in [-0.39, 0.29) is 0 Å². The molecule has 0 heterocycles. The first-order valence-electron chi connectivity index (χ1n) is 5.33. The fraction of sp³-hybridized carbons (Fsp3) is 0.500. The molecule has 1 rings (SSSR count). The molecule has 0 atom stereocenters. The Labute approximate surface area is 91.2 Å². The van der Waals surface area contributed by atoms with Gasteiger partial charge in [-0.15, -0.1) is 0 Å². The predicted molar refractivity (Wildman–Crippen MR) is 61.9 cm³/mol. The summed E-state index contributed by atoms with van der Waals surface area (Å²) < 4.78 is 10.6. The molecule has 1 aromatic rings. The van der Waals surface area contributed by atoms with Gasteiger partial charge in [0.25, 0.3) is 0 Å². The third-order valence-corrected chi connectivity index (χ3v) is 2.15. The summed E-state index contributed by atoms with van der Waals surface area (Å²) in [5.41, 5.74) is 7.79. The van der Waals surface area contributed by atoms with Crippen LogP contribution in [0.15, 0.2) is 24.3 Å². The molecular formula is C12H19NO2. The van der Waals surface area contributed by atoms with Gasteiger partial charge in [-0.25, -0.2) is 0 Å². The van der Waals surface area contributed by atoms with E-state index in [1.54, 1.807) is 0 Å². The highest BCUT2D eigenvalue weighted by Crippen LogP contribution is 2.10. The van der Waals surface area contributed by atoms with Crippen LogP contribution in [0.25, 0.3) is 0 Å². The Kier molecular flexibility index (Phi) is 5.81. The second-order valence-corrected chi connectivity index (χ2v) is 3.26. The highest BCUT2D eigenvalue weighted by molar-refractivity contribution is 5.46. The Hall–Kier alpha value is -1.06. The van der Waals surface area contributed by atoms with Crippen molar-refractivity contribution in [2.75, 3.05) is 32.2 Å². The monoisotopic (exact) mass is 209 g/mol. The number of hydrogen-bond donors (Lipinski definition) is 1. The smallest absolute Gasteiger partial charge is 0.0700 e. The lowest BCUT2D eigenvalue weighted by Gasteiger charge is -2.06. The van der Waals surface area contributed by atoms with E-state index in [9.17, 15) is 0 Å². The summed E-state index contributed by atoms with van der Waals surface area (Å²) in [6.07, 6.45) is 0.860. The molecule has 0 spiro atoms. The topological polar surface area (TPSA) is 44.5 Å². The summed E-state index contributed by atoms with van der Waals surface area (Å²) in [5.74, 6) is 0. The van der Waals surface area contributed by atoms with Crippen molar-refractivity contribution in [2.45, 2.75) is 13.3 Å². The van der Waals surface area contributed by atoms with Crippen LogP contribution in [0.4, 0.5) is 5.69 Å². The molecule has 1 aromatic carbocycles. The summed E-state index contributed by atoms with van der Waals surface area (Å²) >= 11 is 0. The maximum atomic E-state index is 5.80. The van der Waals surface area contributed by atoms with Gasteiger partial charge >= 0.3 is 0 Å². The van der Waals surface area contributed by atoms with E-state index < -0.39 is 0 Å². The first kappa shape index (κ1) is 12.0. The average molecular weight is 209 g/mol. The maximum absolute atomic E-state index is 5.80. The van der Waals surface area contributed by atoms with Gasteiger partial charge < -0.3 is 15.2 Å². The summed E-state index contributed by atoms with van der Waals surface area (Å²) in [7, 11) is 0. The number of ether oxygens (including phenoxy) is 2. The van der Waals surface area contributed by atoms with Crippen LogP contribution in [0, 0.1) is 0 Å². The zero-order chi connectivity index (χ0) is 10.9. The van der Waals surface area contributed by atoms with Gasteiger partial charge in [-0.2, -0.15) is 0 Å². The first-order valence-corrected chi connectivity index (χ1v) is 5.33. The van der Waals surface area contributed by atoms with Crippen LogP contribution < -0.4 is 5.73 Å². The van der Waals surface area contributed by atoms with Gasteiger partial charge in [-0.05, 0) is 25.0 Å². The second kappa shape index (κ2) is 7.26. The van der Waals surface area contributed by atoms with Crippen LogP contribution >= 0.6 is 0 Å². The molecule has 0 aliphatic carbocycles. The molecule has 0 fully saturated rings. The Morgan fingerprint density at radius 3 is 2.53 bits per heavy atom. The third-order valence-electron chi connectivity index (χ3n) is 2.15. The molecule has 84 valence electrons. The number of benzene rings is 1. The zero-order valence-electron chi connectivity index (χ0n) is 9.24. The van der Waals surface area contributed by atoms with Gasteiger partial charge in [0.1, 0.15) is 0 Å². The number of nitrogen functional groups attached to an aromatic ring is 1. The Morgan fingerprint density at radius 1 is 1.07 bits per heavy atom. The molecule has 0 aromatic heterocycles. The van der Waals surface area contributed by atoms with Gasteiger partial charge in [0.15, 0.2) is 0 Å². The van der Waals surface area contributed by atoms with Crippen molar-refractivity contribution < 1.29 is 9.47 Å². The molecule has 0 amide bonds. The lowest BCUT2D eigenvalue weighted by atomic mass is 10.1. The molecular weight excluding hydrogens is 190 g/mol. The van der Waals surface area contributed by atoms with Crippen molar-refractivity contribution in [3.8, 4) is 0 Å². The van der Waals surface area contributed by atoms with E-state index in [1.165, 1.54) is 0 Å². The minimum absolute atomic E-state index is 0.653. The molecule has 0 unspecified atom stereocenters. The fourth-order valence-corrected chi connectivity index (χ4v) is 1.31. The Balaban J connectivity index is 2.12. The number of anilines is 1. The SMILES string of the molecule is CCOCCOCCc1ccccc1N. The minimum atomic E-state index is 0.653. The van der Waals surface area contributed by atoms with E-state index in [4.69, 9.17) is 15.2 Å². The number of para-hydroxylation sites is 1. The van der Waals surface area contributed by atoms with Crippen LogP contribution in [-0.2, 0) is 15.9 Å². The largest absolute Gasteiger partial charge is 0.399 e. The van der Waals surface area contributed by atoms with Gasteiger partial charge in [-0.1, -0.05) is 18.2 Å². The second-order valence-electron chi connectivity index (χ2n) is 3.26. The molecule has 3 heteroatoms. The Bertz CT molecular complexity index is 276. The molecule has 0 saturated heterocycles. The maximum Gasteiger partial charge on any atom is 0.0700 e. The third kappa shape index (κ3) is 4.81. The summed E-state index contributed by atoms with van der Waals surface area (Å²) in [4.78, 5) is 0. The van der Waals surface area contributed by atoms with Gasteiger partial charge in [-0.3, -0.25) is 0 Å². The van der Waals surface area contributed by atoms with Gasteiger partial charge in [0.05, 0.1) is 19.8 Å². The lowest BCUT2D eigenvalue weighted by Crippen LogP contribution is -2.07. The highest BCUT2D eigenvalue weighted by atomic mass is 16.5. The van der Waals surface area contributed by atoms with E-state index in [0.717, 1.165) is 24.3 Å². The van der Waals surface area contributed by atoms with Crippen LogP contribution in [-0.4, -0.2) is 26.4 Å². The molecule has 0 aliphatic rings. The first-order chi connectivity index (χ1) is 7.34. The molecule has 0 aliphatic heterocycles. The molecule has 15 heavy (non-hydrogen) atoms. The number of nitrogens with two attached hydrogens (primary N) is 1. The highest BCUT2D eigenvalue weighted by Gasteiger charge is 1.97. The number of hydrogen-bond acceptors (Lipinski definition) is 3. The van der Waals surface area contributed by atoms with Gasteiger partial charge in [0.2, 0.25) is 0 Å². The van der Waals surface area contributed by atoms with E-state index in [2.05, 4.69) is 0 Å². The van der Waals surface area contributed by atoms with Crippen molar-refractivity contribution in [3.63, 3.8) is 0 Å². The molecule has 0 radical (unpaired) electrons. The fourth-order valence-electron chi connectivity index (χ4n) is 1.31. The van der Waals surface area contributed by atoms with Crippen molar-refractivity contribution in [1.82, 2.24) is 0 Å².